The van der Waals surface area contributed by atoms with Crippen molar-refractivity contribution in [2.45, 2.75) is 19.9 Å². The summed E-state index contributed by atoms with van der Waals surface area (Å²) in [4.78, 5) is 31.0. The molecule has 3 aromatic rings. The molecule has 0 saturated heterocycles. The molecule has 7 heteroatoms. The van der Waals surface area contributed by atoms with Gasteiger partial charge in [0.15, 0.2) is 0 Å². The number of carbonyl (C=O) groups excluding carboxylic acids is 2. The van der Waals surface area contributed by atoms with Crippen LogP contribution in [-0.2, 0) is 9.59 Å². The number of hydrogen-bond donors (Lipinski definition) is 2. The molecule has 2 heterocycles. The molecular weight excluding hydrogens is 372 g/mol. The van der Waals surface area contributed by atoms with E-state index in [0.29, 0.717) is 5.69 Å². The fourth-order valence-corrected chi connectivity index (χ4v) is 3.83. The van der Waals surface area contributed by atoms with Crippen molar-refractivity contribution in [3.63, 3.8) is 0 Å². The maximum atomic E-state index is 13.0. The molecule has 142 valence electrons. The van der Waals surface area contributed by atoms with Crippen molar-refractivity contribution in [2.75, 3.05) is 22.1 Å². The number of hydrogen-bond acceptors (Lipinski definition) is 5. The molecule has 0 fully saturated rings. The van der Waals surface area contributed by atoms with Gasteiger partial charge in [0.05, 0.1) is 22.1 Å². The number of nitrogens with one attached hydrogen (secondary N) is 2. The summed E-state index contributed by atoms with van der Waals surface area (Å²) in [6, 6.07) is 14.7. The molecule has 2 N–H and O–H groups in total. The second kappa shape index (κ2) is 7.44. The van der Waals surface area contributed by atoms with Gasteiger partial charge in [0.25, 0.3) is 0 Å². The summed E-state index contributed by atoms with van der Waals surface area (Å²) >= 11 is 1.62. The predicted octanol–water partition coefficient (Wildman–Crippen LogP) is 3.90. The number of anilines is 3. The van der Waals surface area contributed by atoms with Crippen molar-refractivity contribution in [2.24, 2.45) is 0 Å². The summed E-state index contributed by atoms with van der Waals surface area (Å²) in [5.41, 5.74) is 4.20. The fraction of sp³-hybridized carbons (Fsp3) is 0.190. The van der Waals surface area contributed by atoms with E-state index in [-0.39, 0.29) is 18.4 Å². The number of para-hydroxylation sites is 2. The lowest BCUT2D eigenvalue weighted by Gasteiger charge is -2.31. The van der Waals surface area contributed by atoms with Crippen LogP contribution >= 0.6 is 11.3 Å². The van der Waals surface area contributed by atoms with E-state index in [4.69, 9.17) is 0 Å². The number of nitrogens with zero attached hydrogens (tertiary/aromatic N) is 2. The molecule has 2 amide bonds. The molecule has 28 heavy (non-hydrogen) atoms. The number of benzene rings is 2. The van der Waals surface area contributed by atoms with E-state index in [1.54, 1.807) is 24.3 Å². The Hall–Kier alpha value is -3.19. The van der Waals surface area contributed by atoms with Gasteiger partial charge >= 0.3 is 0 Å². The molecule has 0 radical (unpaired) electrons. The lowest BCUT2D eigenvalue weighted by atomic mass is 10.1. The van der Waals surface area contributed by atoms with E-state index in [1.165, 1.54) is 4.90 Å². The van der Waals surface area contributed by atoms with Crippen LogP contribution in [-0.4, -0.2) is 29.4 Å². The molecule has 0 aliphatic carbocycles. The van der Waals surface area contributed by atoms with Crippen LogP contribution < -0.4 is 15.5 Å². The fourth-order valence-electron chi connectivity index (χ4n) is 3.21. The quantitative estimate of drug-likeness (QED) is 0.706. The highest BCUT2D eigenvalue weighted by Crippen LogP contribution is 2.30. The molecule has 4 rings (SSSR count). The van der Waals surface area contributed by atoms with E-state index in [0.717, 1.165) is 27.6 Å². The third kappa shape index (κ3) is 3.61. The van der Waals surface area contributed by atoms with Crippen LogP contribution in [0.1, 0.15) is 11.9 Å². The first-order valence-corrected chi connectivity index (χ1v) is 9.88. The monoisotopic (exact) mass is 392 g/mol. The Balaban J connectivity index is 1.48. The Morgan fingerprint density at radius 2 is 1.96 bits per heavy atom. The van der Waals surface area contributed by atoms with Gasteiger partial charge in [-0.3, -0.25) is 14.5 Å². The van der Waals surface area contributed by atoms with Gasteiger partial charge < -0.3 is 10.6 Å². The Labute approximate surface area is 167 Å². The molecule has 1 aliphatic heterocycles. The van der Waals surface area contributed by atoms with Crippen molar-refractivity contribution < 1.29 is 9.59 Å². The van der Waals surface area contributed by atoms with Gasteiger partial charge in [-0.1, -0.05) is 24.3 Å². The van der Waals surface area contributed by atoms with E-state index in [1.807, 2.05) is 54.8 Å². The smallest absolute Gasteiger partial charge is 0.249 e. The molecule has 0 spiro atoms. The zero-order chi connectivity index (χ0) is 19.7. The van der Waals surface area contributed by atoms with Crippen LogP contribution in [0, 0.1) is 6.92 Å². The summed E-state index contributed by atoms with van der Waals surface area (Å²) in [6.07, 6.45) is 0. The van der Waals surface area contributed by atoms with E-state index in [9.17, 15) is 9.59 Å². The standard InChI is InChI=1S/C21H20N4O2S/c1-13(21(27)25-11-20(26)24-17-5-3-4-6-19(17)25)22-16-9-7-15(8-10-16)18-12-28-14(2)23-18/h3-10,12-13,22H,11H2,1-2H3,(H,24,26)/t13-/m1/s1. The molecule has 1 atom stereocenters. The number of aryl methyl sites for hydroxylation is 1. The van der Waals surface area contributed by atoms with Crippen molar-refractivity contribution in [1.82, 2.24) is 4.98 Å². The summed E-state index contributed by atoms with van der Waals surface area (Å²) in [5.74, 6) is -0.344. The molecule has 6 nitrogen and oxygen atoms in total. The first-order valence-electron chi connectivity index (χ1n) is 9.00. The van der Waals surface area contributed by atoms with Crippen molar-refractivity contribution in [1.29, 1.82) is 0 Å². The zero-order valence-corrected chi connectivity index (χ0v) is 16.4. The Kier molecular flexibility index (Phi) is 4.83. The number of carbonyl (C=O) groups is 2. The van der Waals surface area contributed by atoms with Crippen molar-refractivity contribution >= 4 is 40.2 Å². The number of fused-ring (bicyclic) bond motifs is 1. The number of thiazole rings is 1. The average Bonchev–Trinajstić information content (AvgIpc) is 3.13. The topological polar surface area (TPSA) is 74.3 Å². The first-order chi connectivity index (χ1) is 13.5. The lowest BCUT2D eigenvalue weighted by molar-refractivity contribution is -0.122. The summed E-state index contributed by atoms with van der Waals surface area (Å²) < 4.78 is 0. The van der Waals surface area contributed by atoms with Gasteiger partial charge in [-0.25, -0.2) is 4.98 Å². The predicted molar refractivity (Wildman–Crippen MR) is 113 cm³/mol. The zero-order valence-electron chi connectivity index (χ0n) is 15.6. The minimum absolute atomic E-state index is 0.0178. The van der Waals surface area contributed by atoms with E-state index >= 15 is 0 Å². The second-order valence-corrected chi connectivity index (χ2v) is 7.75. The highest BCUT2D eigenvalue weighted by molar-refractivity contribution is 7.09. The maximum Gasteiger partial charge on any atom is 0.249 e. The summed E-state index contributed by atoms with van der Waals surface area (Å²) in [6.45, 7) is 3.80. The molecular formula is C21H20N4O2S. The molecule has 1 aromatic heterocycles. The molecule has 0 bridgehead atoms. The maximum absolute atomic E-state index is 13.0. The normalized spacial score (nSPS) is 14.2. The third-order valence-corrected chi connectivity index (χ3v) is 5.36. The number of aromatic nitrogens is 1. The summed E-state index contributed by atoms with van der Waals surface area (Å²) in [5, 5.41) is 9.09. The van der Waals surface area contributed by atoms with Crippen LogP contribution in [0.4, 0.5) is 17.1 Å². The van der Waals surface area contributed by atoms with Crippen molar-refractivity contribution in [3.8, 4) is 11.3 Å². The molecule has 2 aromatic carbocycles. The lowest BCUT2D eigenvalue weighted by Crippen LogP contribution is -2.47. The van der Waals surface area contributed by atoms with Gasteiger partial charge in [-0.05, 0) is 38.1 Å². The Morgan fingerprint density at radius 1 is 1.21 bits per heavy atom. The SMILES string of the molecule is Cc1nc(-c2ccc(N[C@H](C)C(=O)N3CC(=O)Nc4ccccc43)cc2)cs1. The van der Waals surface area contributed by atoms with E-state index in [2.05, 4.69) is 15.6 Å². The molecule has 0 unspecified atom stereocenters. The summed E-state index contributed by atoms with van der Waals surface area (Å²) in [7, 11) is 0. The Bertz CT molecular complexity index is 1030. The third-order valence-electron chi connectivity index (χ3n) is 4.59. The van der Waals surface area contributed by atoms with E-state index < -0.39 is 6.04 Å². The number of amides is 2. The molecule has 0 saturated carbocycles. The minimum atomic E-state index is -0.480. The highest BCUT2D eigenvalue weighted by atomic mass is 32.1. The van der Waals surface area contributed by atoms with Crippen LogP contribution in [0.3, 0.4) is 0 Å². The van der Waals surface area contributed by atoms with Crippen molar-refractivity contribution in [3.05, 3.63) is 58.9 Å². The van der Waals surface area contributed by atoms with Crippen LogP contribution in [0.2, 0.25) is 0 Å². The van der Waals surface area contributed by atoms with Gasteiger partial charge in [0.2, 0.25) is 11.8 Å². The van der Waals surface area contributed by atoms with Crippen LogP contribution in [0.5, 0.6) is 0 Å². The van der Waals surface area contributed by atoms with Gasteiger partial charge in [0.1, 0.15) is 12.6 Å². The van der Waals surface area contributed by atoms with Crippen LogP contribution in [0.15, 0.2) is 53.9 Å². The second-order valence-electron chi connectivity index (χ2n) is 6.68. The highest BCUT2D eigenvalue weighted by Gasteiger charge is 2.29. The van der Waals surface area contributed by atoms with Gasteiger partial charge in [0, 0.05) is 16.6 Å². The average molecular weight is 392 g/mol. The largest absolute Gasteiger partial charge is 0.374 e. The van der Waals surface area contributed by atoms with Gasteiger partial charge in [-0.2, -0.15) is 0 Å². The van der Waals surface area contributed by atoms with Gasteiger partial charge in [-0.15, -0.1) is 11.3 Å². The molecule has 1 aliphatic rings. The first kappa shape index (κ1) is 18.2. The minimum Gasteiger partial charge on any atom is -0.374 e. The Morgan fingerprint density at radius 3 is 2.68 bits per heavy atom. The number of rotatable bonds is 4. The van der Waals surface area contributed by atoms with Crippen LogP contribution in [0.25, 0.3) is 11.3 Å².